The molecule has 1 N–H and O–H groups in total. The van der Waals surface area contributed by atoms with E-state index in [4.69, 9.17) is 17.5 Å². The minimum absolute atomic E-state index is 0.0665. The van der Waals surface area contributed by atoms with Crippen LogP contribution in [0, 0.1) is 34.8 Å². The van der Waals surface area contributed by atoms with E-state index in [9.17, 15) is 13.6 Å². The number of carbonyl (C=O) groups is 1. The number of ketones is 1. The van der Waals surface area contributed by atoms with E-state index in [2.05, 4.69) is 5.32 Å². The van der Waals surface area contributed by atoms with E-state index >= 15 is 0 Å². The molecule has 1 atom stereocenters. The average molecular weight is 282 g/mol. The fraction of sp³-hybridized carbons (Fsp3) is 0.308. The molecule has 0 aliphatic rings. The van der Waals surface area contributed by atoms with Gasteiger partial charge in [0.2, 0.25) is 0 Å². The minimum atomic E-state index is -1.14. The number of nitriles is 1. The number of hydrogen-bond acceptors (Lipinski definition) is 3. The summed E-state index contributed by atoms with van der Waals surface area (Å²) in [4.78, 5) is 11.6. The standard InChI is InChI=1S/C13H12F2N2OS/c1-7(2)12(18)9(6-16)13(19)17-11-4-3-8(14)5-10(11)15/h3-5,7,9H,1-2H3,(H,17,19). The molecule has 1 unspecified atom stereocenters. The van der Waals surface area contributed by atoms with Crippen LogP contribution >= 0.6 is 12.2 Å². The van der Waals surface area contributed by atoms with Gasteiger partial charge in [0.05, 0.1) is 11.8 Å². The number of Topliss-reactive ketones (excluding diaryl/α,β-unsaturated/α-hetero) is 1. The molecule has 0 radical (unpaired) electrons. The maximum absolute atomic E-state index is 13.4. The number of hydrogen-bond donors (Lipinski definition) is 1. The van der Waals surface area contributed by atoms with Crippen LogP contribution in [0.2, 0.25) is 0 Å². The highest BCUT2D eigenvalue weighted by molar-refractivity contribution is 7.80. The first-order chi connectivity index (χ1) is 8.86. The normalized spacial score (nSPS) is 11.8. The molecular formula is C13H12F2N2OS. The molecule has 0 saturated carbocycles. The van der Waals surface area contributed by atoms with Gasteiger partial charge in [0.25, 0.3) is 0 Å². The first kappa shape index (κ1) is 15.2. The van der Waals surface area contributed by atoms with Crippen molar-refractivity contribution in [1.29, 1.82) is 5.26 Å². The Hall–Kier alpha value is -1.87. The summed E-state index contributed by atoms with van der Waals surface area (Å²) in [6.07, 6.45) is 0. The van der Waals surface area contributed by atoms with Gasteiger partial charge < -0.3 is 5.32 Å². The largest absolute Gasteiger partial charge is 0.346 e. The van der Waals surface area contributed by atoms with Crippen LogP contribution in [0.5, 0.6) is 0 Å². The van der Waals surface area contributed by atoms with Gasteiger partial charge in [0.1, 0.15) is 16.6 Å². The SMILES string of the molecule is CC(C)C(=O)C(C#N)C(=S)Nc1ccc(F)cc1F. The second-order valence-electron chi connectivity index (χ2n) is 4.23. The van der Waals surface area contributed by atoms with E-state index in [-0.39, 0.29) is 22.4 Å². The smallest absolute Gasteiger partial charge is 0.159 e. The summed E-state index contributed by atoms with van der Waals surface area (Å²) >= 11 is 4.93. The van der Waals surface area contributed by atoms with Crippen LogP contribution in [0.4, 0.5) is 14.5 Å². The molecule has 0 aromatic heterocycles. The number of nitrogens with zero attached hydrogens (tertiary/aromatic N) is 1. The lowest BCUT2D eigenvalue weighted by molar-refractivity contribution is -0.122. The predicted octanol–water partition coefficient (Wildman–Crippen LogP) is 3.07. The van der Waals surface area contributed by atoms with Crippen molar-refractivity contribution in [2.75, 3.05) is 5.32 Å². The van der Waals surface area contributed by atoms with Crippen LogP contribution < -0.4 is 5.32 Å². The van der Waals surface area contributed by atoms with Crippen molar-refractivity contribution in [3.05, 3.63) is 29.8 Å². The second-order valence-corrected chi connectivity index (χ2v) is 4.67. The summed E-state index contributed by atoms with van der Waals surface area (Å²) in [6, 6.07) is 4.69. The molecule has 0 aliphatic heterocycles. The maximum atomic E-state index is 13.4. The van der Waals surface area contributed by atoms with Gasteiger partial charge in [-0.05, 0) is 12.1 Å². The molecule has 100 valence electrons. The summed E-state index contributed by atoms with van der Waals surface area (Å²) in [5, 5.41) is 11.4. The number of carbonyl (C=O) groups excluding carboxylic acids is 1. The number of rotatable bonds is 4. The van der Waals surface area contributed by atoms with Crippen LogP contribution in [0.1, 0.15) is 13.8 Å². The molecular weight excluding hydrogens is 270 g/mol. The molecule has 0 heterocycles. The summed E-state index contributed by atoms with van der Waals surface area (Å²) in [5.74, 6) is -3.40. The Bertz CT molecular complexity index is 552. The topological polar surface area (TPSA) is 52.9 Å². The van der Waals surface area contributed by atoms with Gasteiger partial charge in [0.15, 0.2) is 11.7 Å². The van der Waals surface area contributed by atoms with Crippen molar-refractivity contribution in [1.82, 2.24) is 0 Å². The molecule has 3 nitrogen and oxygen atoms in total. The highest BCUT2D eigenvalue weighted by Gasteiger charge is 2.25. The third-order valence-electron chi connectivity index (χ3n) is 2.43. The molecule has 19 heavy (non-hydrogen) atoms. The number of anilines is 1. The summed E-state index contributed by atoms with van der Waals surface area (Å²) in [7, 11) is 0. The van der Waals surface area contributed by atoms with Crippen molar-refractivity contribution in [2.24, 2.45) is 11.8 Å². The summed E-state index contributed by atoms with van der Waals surface area (Å²) in [6.45, 7) is 3.29. The number of benzene rings is 1. The molecule has 6 heteroatoms. The molecule has 0 aliphatic carbocycles. The molecule has 0 bridgehead atoms. The van der Waals surface area contributed by atoms with Crippen molar-refractivity contribution >= 4 is 28.7 Å². The fourth-order valence-electron chi connectivity index (χ4n) is 1.38. The highest BCUT2D eigenvalue weighted by atomic mass is 32.1. The van der Waals surface area contributed by atoms with E-state index in [0.29, 0.717) is 6.07 Å². The van der Waals surface area contributed by atoms with Crippen molar-refractivity contribution in [3.63, 3.8) is 0 Å². The predicted molar refractivity (Wildman–Crippen MR) is 71.5 cm³/mol. The molecule has 1 rings (SSSR count). The van der Waals surface area contributed by atoms with Crippen LogP contribution in [0.25, 0.3) is 0 Å². The lowest BCUT2D eigenvalue weighted by atomic mass is 9.96. The molecule has 0 amide bonds. The van der Waals surface area contributed by atoms with E-state index in [1.807, 2.05) is 0 Å². The van der Waals surface area contributed by atoms with Gasteiger partial charge in [-0.15, -0.1) is 0 Å². The zero-order valence-corrected chi connectivity index (χ0v) is 11.2. The Morgan fingerprint density at radius 3 is 2.53 bits per heavy atom. The van der Waals surface area contributed by atoms with Crippen molar-refractivity contribution in [2.45, 2.75) is 13.8 Å². The van der Waals surface area contributed by atoms with Crippen LogP contribution in [-0.4, -0.2) is 10.8 Å². The molecule has 0 spiro atoms. The Labute approximate surface area is 115 Å². The zero-order chi connectivity index (χ0) is 14.6. The van der Waals surface area contributed by atoms with Gasteiger partial charge in [0, 0.05) is 12.0 Å². The highest BCUT2D eigenvalue weighted by Crippen LogP contribution is 2.17. The second kappa shape index (κ2) is 6.34. The van der Waals surface area contributed by atoms with Gasteiger partial charge in [-0.1, -0.05) is 26.1 Å². The monoisotopic (exact) mass is 282 g/mol. The summed E-state index contributed by atoms with van der Waals surface area (Å²) in [5.41, 5.74) is -0.0665. The Morgan fingerprint density at radius 2 is 2.05 bits per heavy atom. The Balaban J connectivity index is 2.90. The van der Waals surface area contributed by atoms with Crippen LogP contribution in [0.3, 0.4) is 0 Å². The molecule has 1 aromatic carbocycles. The van der Waals surface area contributed by atoms with Gasteiger partial charge in [-0.3, -0.25) is 4.79 Å². The van der Waals surface area contributed by atoms with E-state index in [1.54, 1.807) is 19.9 Å². The van der Waals surface area contributed by atoms with Gasteiger partial charge in [-0.25, -0.2) is 8.78 Å². The van der Waals surface area contributed by atoms with E-state index in [0.717, 1.165) is 12.1 Å². The lowest BCUT2D eigenvalue weighted by Gasteiger charge is -2.14. The number of nitrogens with one attached hydrogen (secondary N) is 1. The fourth-order valence-corrected chi connectivity index (χ4v) is 1.66. The summed E-state index contributed by atoms with van der Waals surface area (Å²) < 4.78 is 26.1. The third kappa shape index (κ3) is 3.80. The number of halogens is 2. The Morgan fingerprint density at radius 1 is 1.42 bits per heavy atom. The molecule has 0 saturated heterocycles. The lowest BCUT2D eigenvalue weighted by Crippen LogP contribution is -2.30. The zero-order valence-electron chi connectivity index (χ0n) is 10.4. The Kier molecular flexibility index (Phi) is 5.07. The van der Waals surface area contributed by atoms with Crippen molar-refractivity contribution < 1.29 is 13.6 Å². The van der Waals surface area contributed by atoms with Crippen molar-refractivity contribution in [3.8, 4) is 6.07 Å². The van der Waals surface area contributed by atoms with Gasteiger partial charge >= 0.3 is 0 Å². The maximum Gasteiger partial charge on any atom is 0.159 e. The quantitative estimate of drug-likeness (QED) is 0.862. The van der Waals surface area contributed by atoms with E-state index < -0.39 is 17.6 Å². The molecule has 1 aromatic rings. The van der Waals surface area contributed by atoms with Crippen LogP contribution in [0.15, 0.2) is 18.2 Å². The first-order valence-electron chi connectivity index (χ1n) is 5.56. The average Bonchev–Trinajstić information content (AvgIpc) is 2.33. The van der Waals surface area contributed by atoms with Crippen LogP contribution in [-0.2, 0) is 4.79 Å². The van der Waals surface area contributed by atoms with E-state index in [1.165, 1.54) is 0 Å². The third-order valence-corrected chi connectivity index (χ3v) is 2.77. The van der Waals surface area contributed by atoms with Gasteiger partial charge in [-0.2, -0.15) is 5.26 Å². The first-order valence-corrected chi connectivity index (χ1v) is 5.97. The minimum Gasteiger partial charge on any atom is -0.346 e. The number of thiocarbonyl (C=S) groups is 1. The molecule has 0 fully saturated rings.